The first kappa shape index (κ1) is 18.8. The molecular weight excluding hydrogens is 344 g/mol. The van der Waals surface area contributed by atoms with Crippen molar-refractivity contribution in [3.8, 4) is 11.5 Å². The van der Waals surface area contributed by atoms with Gasteiger partial charge in [0, 0.05) is 55.8 Å². The molecule has 1 unspecified atom stereocenters. The Balaban J connectivity index is 1.62. The number of hydrogen-bond acceptors (Lipinski definition) is 6. The number of pyridine rings is 1. The highest BCUT2D eigenvalue weighted by atomic mass is 16.5. The van der Waals surface area contributed by atoms with Gasteiger partial charge >= 0.3 is 0 Å². The minimum Gasteiger partial charge on any atom is -0.497 e. The van der Waals surface area contributed by atoms with E-state index in [0.29, 0.717) is 12.1 Å². The highest BCUT2D eigenvalue weighted by Crippen LogP contribution is 2.30. The van der Waals surface area contributed by atoms with Crippen molar-refractivity contribution in [3.63, 3.8) is 0 Å². The third kappa shape index (κ3) is 4.61. The van der Waals surface area contributed by atoms with E-state index in [0.717, 1.165) is 42.5 Å². The average Bonchev–Trinajstić information content (AvgIpc) is 3.16. The van der Waals surface area contributed by atoms with Gasteiger partial charge in [-0.25, -0.2) is 4.98 Å². The van der Waals surface area contributed by atoms with E-state index in [1.54, 1.807) is 26.5 Å². The summed E-state index contributed by atoms with van der Waals surface area (Å²) in [4.78, 5) is 18.5. The molecule has 2 aromatic rings. The molecule has 2 N–H and O–H groups in total. The van der Waals surface area contributed by atoms with Crippen LogP contribution in [0.4, 0.5) is 11.5 Å². The molecule has 1 aromatic heterocycles. The van der Waals surface area contributed by atoms with Crippen LogP contribution in [0.5, 0.6) is 11.5 Å². The monoisotopic (exact) mass is 370 g/mol. The maximum atomic E-state index is 11.8. The SMILES string of the molecule is CCNC(=O)c1ccc(NC2CCN(c3cc(OC)cc(OC)c3)C2)nc1. The summed E-state index contributed by atoms with van der Waals surface area (Å²) in [6, 6.07) is 9.83. The minimum atomic E-state index is -0.101. The van der Waals surface area contributed by atoms with Crippen LogP contribution in [-0.2, 0) is 0 Å². The van der Waals surface area contributed by atoms with E-state index in [4.69, 9.17) is 9.47 Å². The van der Waals surface area contributed by atoms with Gasteiger partial charge in [-0.15, -0.1) is 0 Å². The largest absolute Gasteiger partial charge is 0.497 e. The van der Waals surface area contributed by atoms with Crippen LogP contribution in [0.2, 0.25) is 0 Å². The van der Waals surface area contributed by atoms with Gasteiger partial charge in [-0.1, -0.05) is 0 Å². The van der Waals surface area contributed by atoms with Gasteiger partial charge in [0.15, 0.2) is 0 Å². The fourth-order valence-electron chi connectivity index (χ4n) is 3.17. The molecule has 1 fully saturated rings. The lowest BCUT2D eigenvalue weighted by atomic mass is 10.2. The van der Waals surface area contributed by atoms with Gasteiger partial charge in [-0.2, -0.15) is 0 Å². The van der Waals surface area contributed by atoms with Gasteiger partial charge in [0.1, 0.15) is 17.3 Å². The molecule has 7 heteroatoms. The summed E-state index contributed by atoms with van der Waals surface area (Å²) in [5.74, 6) is 2.24. The summed E-state index contributed by atoms with van der Waals surface area (Å²) in [6.45, 7) is 4.29. The van der Waals surface area contributed by atoms with Crippen LogP contribution in [0.25, 0.3) is 0 Å². The normalized spacial score (nSPS) is 16.1. The molecule has 0 radical (unpaired) electrons. The first-order chi connectivity index (χ1) is 13.1. The number of amides is 1. The Kier molecular flexibility index (Phi) is 6.01. The third-order valence-electron chi connectivity index (χ3n) is 4.60. The smallest absolute Gasteiger partial charge is 0.252 e. The van der Waals surface area contributed by atoms with Crippen LogP contribution in [0.3, 0.4) is 0 Å². The summed E-state index contributed by atoms with van der Waals surface area (Å²) in [7, 11) is 3.31. The van der Waals surface area contributed by atoms with Crippen LogP contribution in [0, 0.1) is 0 Å². The molecule has 2 heterocycles. The first-order valence-electron chi connectivity index (χ1n) is 9.11. The molecule has 1 saturated heterocycles. The summed E-state index contributed by atoms with van der Waals surface area (Å²) in [6.07, 6.45) is 2.60. The Morgan fingerprint density at radius 2 is 1.96 bits per heavy atom. The van der Waals surface area contributed by atoms with Gasteiger partial charge in [0.2, 0.25) is 0 Å². The number of nitrogens with zero attached hydrogens (tertiary/aromatic N) is 2. The van der Waals surface area contributed by atoms with Crippen molar-refractivity contribution in [1.82, 2.24) is 10.3 Å². The van der Waals surface area contributed by atoms with Crippen LogP contribution < -0.4 is 25.0 Å². The van der Waals surface area contributed by atoms with Gasteiger partial charge in [-0.05, 0) is 25.5 Å². The van der Waals surface area contributed by atoms with Crippen molar-refractivity contribution in [2.75, 3.05) is 44.1 Å². The topological polar surface area (TPSA) is 75.7 Å². The highest BCUT2D eigenvalue weighted by molar-refractivity contribution is 5.93. The molecule has 144 valence electrons. The number of methoxy groups -OCH3 is 2. The Morgan fingerprint density at radius 3 is 2.56 bits per heavy atom. The molecule has 3 rings (SSSR count). The van der Waals surface area contributed by atoms with Crippen molar-refractivity contribution in [2.45, 2.75) is 19.4 Å². The number of rotatable bonds is 7. The summed E-state index contributed by atoms with van der Waals surface area (Å²) < 4.78 is 10.7. The van der Waals surface area contributed by atoms with Gasteiger partial charge < -0.3 is 25.0 Å². The molecule has 0 saturated carbocycles. The number of hydrogen-bond donors (Lipinski definition) is 2. The lowest BCUT2D eigenvalue weighted by Crippen LogP contribution is -2.26. The number of carbonyl (C=O) groups is 1. The molecule has 1 amide bonds. The predicted octanol–water partition coefficient (Wildman–Crippen LogP) is 2.54. The molecule has 1 aliphatic heterocycles. The summed E-state index contributed by atoms with van der Waals surface area (Å²) in [5.41, 5.74) is 1.65. The highest BCUT2D eigenvalue weighted by Gasteiger charge is 2.23. The van der Waals surface area contributed by atoms with Crippen molar-refractivity contribution in [2.24, 2.45) is 0 Å². The second-order valence-corrected chi connectivity index (χ2v) is 6.44. The van der Waals surface area contributed by atoms with Crippen LogP contribution in [0.1, 0.15) is 23.7 Å². The minimum absolute atomic E-state index is 0.101. The van der Waals surface area contributed by atoms with Crippen molar-refractivity contribution >= 4 is 17.4 Å². The Morgan fingerprint density at radius 1 is 1.22 bits per heavy atom. The number of nitrogens with one attached hydrogen (secondary N) is 2. The van der Waals surface area contributed by atoms with E-state index < -0.39 is 0 Å². The zero-order valence-corrected chi connectivity index (χ0v) is 16.0. The number of anilines is 2. The summed E-state index contributed by atoms with van der Waals surface area (Å²) >= 11 is 0. The molecular formula is C20H26N4O3. The molecule has 7 nitrogen and oxygen atoms in total. The average molecular weight is 370 g/mol. The van der Waals surface area contributed by atoms with Crippen molar-refractivity contribution in [3.05, 3.63) is 42.1 Å². The standard InChI is InChI=1S/C20H26N4O3/c1-4-21-20(25)14-5-6-19(22-12-14)23-15-7-8-24(13-15)16-9-17(26-2)11-18(10-16)27-3/h5-6,9-12,15H,4,7-8,13H2,1-3H3,(H,21,25)(H,22,23). The van der Waals surface area contributed by atoms with Crippen LogP contribution in [0.15, 0.2) is 36.5 Å². The zero-order chi connectivity index (χ0) is 19.2. The Hall–Kier alpha value is -2.96. The van der Waals surface area contributed by atoms with E-state index in [9.17, 15) is 4.79 Å². The van der Waals surface area contributed by atoms with E-state index in [-0.39, 0.29) is 11.9 Å². The Labute approximate surface area is 159 Å². The quantitative estimate of drug-likeness (QED) is 0.780. The Bertz CT molecular complexity index is 757. The fraction of sp³-hybridized carbons (Fsp3) is 0.400. The molecule has 1 atom stereocenters. The number of ether oxygens (including phenoxy) is 2. The molecule has 27 heavy (non-hydrogen) atoms. The molecule has 0 aliphatic carbocycles. The second kappa shape index (κ2) is 8.62. The third-order valence-corrected chi connectivity index (χ3v) is 4.60. The number of benzene rings is 1. The maximum absolute atomic E-state index is 11.8. The van der Waals surface area contributed by atoms with Crippen molar-refractivity contribution in [1.29, 1.82) is 0 Å². The lowest BCUT2D eigenvalue weighted by Gasteiger charge is -2.20. The van der Waals surface area contributed by atoms with E-state index in [1.807, 2.05) is 31.2 Å². The van der Waals surface area contributed by atoms with Crippen LogP contribution in [-0.4, -0.2) is 50.8 Å². The molecule has 1 aliphatic rings. The predicted molar refractivity (Wildman–Crippen MR) is 106 cm³/mol. The van der Waals surface area contributed by atoms with Gasteiger partial charge in [0.25, 0.3) is 5.91 Å². The second-order valence-electron chi connectivity index (χ2n) is 6.44. The summed E-state index contributed by atoms with van der Waals surface area (Å²) in [5, 5.41) is 6.22. The maximum Gasteiger partial charge on any atom is 0.252 e. The first-order valence-corrected chi connectivity index (χ1v) is 9.11. The number of aromatic nitrogens is 1. The fourth-order valence-corrected chi connectivity index (χ4v) is 3.17. The van der Waals surface area contributed by atoms with Gasteiger partial charge in [0.05, 0.1) is 19.8 Å². The zero-order valence-electron chi connectivity index (χ0n) is 16.0. The van der Waals surface area contributed by atoms with E-state index in [2.05, 4.69) is 20.5 Å². The van der Waals surface area contributed by atoms with Gasteiger partial charge in [-0.3, -0.25) is 4.79 Å². The van der Waals surface area contributed by atoms with E-state index >= 15 is 0 Å². The number of carbonyl (C=O) groups excluding carboxylic acids is 1. The molecule has 0 bridgehead atoms. The van der Waals surface area contributed by atoms with Crippen molar-refractivity contribution < 1.29 is 14.3 Å². The lowest BCUT2D eigenvalue weighted by molar-refractivity contribution is 0.0955. The molecule has 1 aromatic carbocycles. The van der Waals surface area contributed by atoms with Crippen LogP contribution >= 0.6 is 0 Å². The molecule has 0 spiro atoms. The van der Waals surface area contributed by atoms with E-state index in [1.165, 1.54) is 0 Å².